The molecule has 26 heavy (non-hydrogen) atoms. The fourth-order valence-electron chi connectivity index (χ4n) is 3.16. The number of anilines is 1. The maximum absolute atomic E-state index is 5.76. The van der Waals surface area contributed by atoms with Gasteiger partial charge in [0, 0.05) is 26.2 Å². The average Bonchev–Trinajstić information content (AvgIpc) is 3.35. The van der Waals surface area contributed by atoms with Crippen molar-refractivity contribution in [2.24, 2.45) is 0 Å². The lowest BCUT2D eigenvalue weighted by Gasteiger charge is -2.36. The molecule has 0 atom stereocenters. The molecule has 0 N–H and O–H groups in total. The summed E-state index contributed by atoms with van der Waals surface area (Å²) in [7, 11) is 0. The Morgan fingerprint density at radius 2 is 1.96 bits per heavy atom. The molecule has 1 saturated heterocycles. The Morgan fingerprint density at radius 3 is 2.73 bits per heavy atom. The second-order valence-corrected chi connectivity index (χ2v) is 7.10. The fraction of sp³-hybridized carbons (Fsp3) is 0.368. The van der Waals surface area contributed by atoms with Gasteiger partial charge in [0.2, 0.25) is 11.7 Å². The van der Waals surface area contributed by atoms with Crippen molar-refractivity contribution in [3.8, 4) is 16.5 Å². The first kappa shape index (κ1) is 17.1. The molecule has 3 heterocycles. The van der Waals surface area contributed by atoms with Crippen molar-refractivity contribution in [2.45, 2.75) is 13.5 Å². The Bertz CT molecular complexity index is 826. The Kier molecular flexibility index (Phi) is 5.17. The first-order chi connectivity index (χ1) is 12.8. The minimum absolute atomic E-state index is 0.677. The quantitative estimate of drug-likeness (QED) is 0.662. The third-order valence-corrected chi connectivity index (χ3v) is 5.31. The van der Waals surface area contributed by atoms with E-state index in [1.54, 1.807) is 11.3 Å². The van der Waals surface area contributed by atoms with E-state index in [9.17, 15) is 0 Å². The largest absolute Gasteiger partial charge is 0.492 e. The van der Waals surface area contributed by atoms with E-state index in [4.69, 9.17) is 9.26 Å². The molecule has 0 unspecified atom stereocenters. The summed E-state index contributed by atoms with van der Waals surface area (Å²) in [4.78, 5) is 10.3. The van der Waals surface area contributed by atoms with E-state index in [1.165, 1.54) is 5.69 Å². The van der Waals surface area contributed by atoms with Crippen molar-refractivity contribution < 1.29 is 9.26 Å². The molecule has 0 amide bonds. The fourth-order valence-corrected chi connectivity index (χ4v) is 3.81. The standard InChI is InChI=1S/C19H22N4O2S/c1-2-24-16-7-4-3-6-15(16)23-11-9-22(10-12-23)14-18-20-19(21-25-18)17-8-5-13-26-17/h3-8,13H,2,9-12,14H2,1H3. The van der Waals surface area contributed by atoms with Gasteiger partial charge in [0.1, 0.15) is 5.75 Å². The van der Waals surface area contributed by atoms with E-state index in [0.717, 1.165) is 36.8 Å². The van der Waals surface area contributed by atoms with E-state index in [0.29, 0.717) is 24.9 Å². The first-order valence-electron chi connectivity index (χ1n) is 8.89. The molecule has 1 aromatic carbocycles. The summed E-state index contributed by atoms with van der Waals surface area (Å²) in [6.45, 7) is 7.21. The Labute approximate surface area is 157 Å². The molecule has 0 spiro atoms. The molecule has 1 fully saturated rings. The Hall–Kier alpha value is -2.38. The molecule has 7 heteroatoms. The number of hydrogen-bond acceptors (Lipinski definition) is 7. The first-order valence-corrected chi connectivity index (χ1v) is 9.77. The number of nitrogens with zero attached hydrogens (tertiary/aromatic N) is 4. The normalized spacial score (nSPS) is 15.3. The van der Waals surface area contributed by atoms with Crippen LogP contribution in [0.5, 0.6) is 5.75 Å². The summed E-state index contributed by atoms with van der Waals surface area (Å²) < 4.78 is 11.2. The van der Waals surface area contributed by atoms with Crippen LogP contribution in [0, 0.1) is 0 Å². The highest BCUT2D eigenvalue weighted by atomic mass is 32.1. The third kappa shape index (κ3) is 3.73. The van der Waals surface area contributed by atoms with Gasteiger partial charge in [-0.2, -0.15) is 4.98 Å². The summed E-state index contributed by atoms with van der Waals surface area (Å²) in [5.74, 6) is 2.32. The monoisotopic (exact) mass is 370 g/mol. The number of thiophene rings is 1. The maximum Gasteiger partial charge on any atom is 0.241 e. The van der Waals surface area contributed by atoms with E-state index < -0.39 is 0 Å². The predicted octanol–water partition coefficient (Wildman–Crippen LogP) is 3.52. The number of hydrogen-bond donors (Lipinski definition) is 0. The van der Waals surface area contributed by atoms with Crippen molar-refractivity contribution in [1.29, 1.82) is 0 Å². The van der Waals surface area contributed by atoms with E-state index in [2.05, 4.69) is 32.1 Å². The van der Waals surface area contributed by atoms with E-state index in [-0.39, 0.29) is 0 Å². The van der Waals surface area contributed by atoms with Crippen LogP contribution in [0.3, 0.4) is 0 Å². The average molecular weight is 370 g/mol. The zero-order chi connectivity index (χ0) is 17.8. The highest BCUT2D eigenvalue weighted by Crippen LogP contribution is 2.29. The Morgan fingerprint density at radius 1 is 1.12 bits per heavy atom. The van der Waals surface area contributed by atoms with Crippen molar-refractivity contribution in [2.75, 3.05) is 37.7 Å². The number of aromatic nitrogens is 2. The topological polar surface area (TPSA) is 54.6 Å². The van der Waals surface area contributed by atoms with Gasteiger partial charge < -0.3 is 14.2 Å². The molecule has 136 valence electrons. The molecule has 1 aliphatic heterocycles. The highest BCUT2D eigenvalue weighted by Gasteiger charge is 2.21. The van der Waals surface area contributed by atoms with Crippen LogP contribution in [-0.2, 0) is 6.54 Å². The SMILES string of the molecule is CCOc1ccccc1N1CCN(Cc2nc(-c3cccs3)no2)CC1. The van der Waals surface area contributed by atoms with Gasteiger partial charge in [-0.05, 0) is 30.5 Å². The van der Waals surface area contributed by atoms with Gasteiger partial charge in [-0.25, -0.2) is 0 Å². The third-order valence-electron chi connectivity index (χ3n) is 4.45. The molecular formula is C19H22N4O2S. The van der Waals surface area contributed by atoms with Gasteiger partial charge in [0.05, 0.1) is 23.7 Å². The van der Waals surface area contributed by atoms with Crippen molar-refractivity contribution in [3.63, 3.8) is 0 Å². The van der Waals surface area contributed by atoms with Gasteiger partial charge in [-0.15, -0.1) is 11.3 Å². The molecule has 4 rings (SSSR count). The van der Waals surface area contributed by atoms with Crippen LogP contribution in [0.1, 0.15) is 12.8 Å². The molecule has 0 saturated carbocycles. The number of para-hydroxylation sites is 2. The van der Waals surface area contributed by atoms with Crippen molar-refractivity contribution in [1.82, 2.24) is 15.0 Å². The van der Waals surface area contributed by atoms with E-state index >= 15 is 0 Å². The summed E-state index contributed by atoms with van der Waals surface area (Å²) in [5.41, 5.74) is 1.17. The van der Waals surface area contributed by atoms with Crippen LogP contribution in [0.25, 0.3) is 10.7 Å². The smallest absolute Gasteiger partial charge is 0.241 e. The minimum atomic E-state index is 0.677. The van der Waals surface area contributed by atoms with Crippen molar-refractivity contribution in [3.05, 3.63) is 47.7 Å². The summed E-state index contributed by atoms with van der Waals surface area (Å²) in [6, 6.07) is 12.3. The highest BCUT2D eigenvalue weighted by molar-refractivity contribution is 7.13. The lowest BCUT2D eigenvalue weighted by atomic mass is 10.2. The molecule has 1 aliphatic rings. The van der Waals surface area contributed by atoms with Crippen LogP contribution in [-0.4, -0.2) is 47.8 Å². The summed E-state index contributed by atoms with van der Waals surface area (Å²) >= 11 is 1.62. The summed E-state index contributed by atoms with van der Waals surface area (Å²) in [5, 5.41) is 6.11. The van der Waals surface area contributed by atoms with Crippen molar-refractivity contribution >= 4 is 17.0 Å². The van der Waals surface area contributed by atoms with Crippen LogP contribution in [0.4, 0.5) is 5.69 Å². The van der Waals surface area contributed by atoms with Crippen LogP contribution >= 0.6 is 11.3 Å². The maximum atomic E-state index is 5.76. The van der Waals surface area contributed by atoms with E-state index in [1.807, 2.05) is 36.6 Å². The zero-order valence-electron chi connectivity index (χ0n) is 14.8. The molecule has 0 aliphatic carbocycles. The van der Waals surface area contributed by atoms with Crippen LogP contribution in [0.15, 0.2) is 46.3 Å². The molecule has 0 radical (unpaired) electrons. The summed E-state index contributed by atoms with van der Waals surface area (Å²) in [6.07, 6.45) is 0. The van der Waals surface area contributed by atoms with Crippen LogP contribution < -0.4 is 9.64 Å². The number of ether oxygens (including phenoxy) is 1. The second kappa shape index (κ2) is 7.88. The zero-order valence-corrected chi connectivity index (χ0v) is 15.6. The number of benzene rings is 1. The lowest BCUT2D eigenvalue weighted by molar-refractivity contribution is 0.215. The molecule has 2 aromatic heterocycles. The van der Waals surface area contributed by atoms with Gasteiger partial charge >= 0.3 is 0 Å². The number of piperazine rings is 1. The Balaban J connectivity index is 1.36. The minimum Gasteiger partial charge on any atom is -0.492 e. The molecule has 3 aromatic rings. The molecular weight excluding hydrogens is 348 g/mol. The lowest BCUT2D eigenvalue weighted by Crippen LogP contribution is -2.46. The van der Waals surface area contributed by atoms with Crippen LogP contribution in [0.2, 0.25) is 0 Å². The van der Waals surface area contributed by atoms with Gasteiger partial charge in [0.25, 0.3) is 0 Å². The van der Waals surface area contributed by atoms with Gasteiger partial charge in [-0.3, -0.25) is 4.90 Å². The number of rotatable bonds is 6. The molecule has 6 nitrogen and oxygen atoms in total. The molecule has 0 bridgehead atoms. The second-order valence-electron chi connectivity index (χ2n) is 6.15. The predicted molar refractivity (Wildman–Crippen MR) is 103 cm³/mol. The van der Waals surface area contributed by atoms with Gasteiger partial charge in [0.15, 0.2) is 0 Å². The van der Waals surface area contributed by atoms with Gasteiger partial charge in [-0.1, -0.05) is 23.4 Å².